The summed E-state index contributed by atoms with van der Waals surface area (Å²) in [6, 6.07) is 5.45. The summed E-state index contributed by atoms with van der Waals surface area (Å²) in [4.78, 5) is 0. The zero-order chi connectivity index (χ0) is 9.47. The van der Waals surface area contributed by atoms with Crippen LogP contribution >= 0.6 is 11.6 Å². The van der Waals surface area contributed by atoms with Crippen molar-refractivity contribution in [3.8, 4) is 5.75 Å². The summed E-state index contributed by atoms with van der Waals surface area (Å²) in [6.45, 7) is 0.584. The van der Waals surface area contributed by atoms with Gasteiger partial charge in [-0.25, -0.2) is 0 Å². The van der Waals surface area contributed by atoms with E-state index in [4.69, 9.17) is 17.3 Å². The molecule has 1 fully saturated rings. The lowest BCUT2D eigenvalue weighted by molar-refractivity contribution is 0.459. The molecule has 1 aliphatic carbocycles. The van der Waals surface area contributed by atoms with Gasteiger partial charge in [-0.1, -0.05) is 23.7 Å². The van der Waals surface area contributed by atoms with Gasteiger partial charge in [0.15, 0.2) is 0 Å². The van der Waals surface area contributed by atoms with Crippen molar-refractivity contribution in [1.82, 2.24) is 0 Å². The van der Waals surface area contributed by atoms with Gasteiger partial charge in [0.25, 0.3) is 0 Å². The molecule has 1 aromatic rings. The predicted octanol–water partition coefficient (Wildman–Crippen LogP) is 2.04. The van der Waals surface area contributed by atoms with Crippen LogP contribution < -0.4 is 5.73 Å². The standard InChI is InChI=1S/C10H12ClNO/c11-8-3-1-2-7(9(8)13)10(6-12)4-5-10/h1-3,13H,4-6,12H2. The first-order valence-electron chi connectivity index (χ1n) is 4.38. The highest BCUT2D eigenvalue weighted by atomic mass is 35.5. The van der Waals surface area contributed by atoms with Crippen LogP contribution in [0.1, 0.15) is 18.4 Å². The van der Waals surface area contributed by atoms with Gasteiger partial charge in [-0.3, -0.25) is 0 Å². The summed E-state index contributed by atoms with van der Waals surface area (Å²) in [5.74, 6) is 0.201. The topological polar surface area (TPSA) is 46.2 Å². The molecule has 0 aromatic heterocycles. The van der Waals surface area contributed by atoms with Gasteiger partial charge in [-0.2, -0.15) is 0 Å². The van der Waals surface area contributed by atoms with E-state index in [1.54, 1.807) is 6.07 Å². The maximum atomic E-state index is 9.72. The van der Waals surface area contributed by atoms with Crippen LogP contribution in [-0.2, 0) is 5.41 Å². The van der Waals surface area contributed by atoms with Gasteiger partial charge >= 0.3 is 0 Å². The summed E-state index contributed by atoms with van der Waals surface area (Å²) < 4.78 is 0. The Hall–Kier alpha value is -0.730. The highest BCUT2D eigenvalue weighted by molar-refractivity contribution is 6.32. The number of halogens is 1. The van der Waals surface area contributed by atoms with Gasteiger partial charge in [0, 0.05) is 17.5 Å². The maximum absolute atomic E-state index is 9.72. The molecule has 0 heterocycles. The molecule has 0 spiro atoms. The van der Waals surface area contributed by atoms with E-state index in [2.05, 4.69) is 0 Å². The van der Waals surface area contributed by atoms with Crippen molar-refractivity contribution in [3.05, 3.63) is 28.8 Å². The Kier molecular flexibility index (Phi) is 1.97. The number of benzene rings is 1. The van der Waals surface area contributed by atoms with Gasteiger partial charge in [-0.05, 0) is 18.9 Å². The lowest BCUT2D eigenvalue weighted by Crippen LogP contribution is -2.19. The van der Waals surface area contributed by atoms with Crippen molar-refractivity contribution in [2.24, 2.45) is 5.73 Å². The van der Waals surface area contributed by atoms with E-state index in [1.165, 1.54) is 0 Å². The van der Waals surface area contributed by atoms with E-state index in [-0.39, 0.29) is 11.2 Å². The first kappa shape index (κ1) is 8.85. The van der Waals surface area contributed by atoms with E-state index in [0.29, 0.717) is 11.6 Å². The van der Waals surface area contributed by atoms with Crippen molar-refractivity contribution < 1.29 is 5.11 Å². The molecule has 0 unspecified atom stereocenters. The minimum Gasteiger partial charge on any atom is -0.506 e. The van der Waals surface area contributed by atoms with E-state index < -0.39 is 0 Å². The average molecular weight is 198 g/mol. The van der Waals surface area contributed by atoms with Crippen LogP contribution in [0.15, 0.2) is 18.2 Å². The van der Waals surface area contributed by atoms with Gasteiger partial charge in [-0.15, -0.1) is 0 Å². The molecule has 1 aliphatic rings. The Bertz CT molecular complexity index is 334. The zero-order valence-electron chi connectivity index (χ0n) is 7.26. The molecule has 0 aliphatic heterocycles. The first-order valence-corrected chi connectivity index (χ1v) is 4.75. The number of aromatic hydroxyl groups is 1. The molecule has 3 heteroatoms. The van der Waals surface area contributed by atoms with Crippen LogP contribution in [0.5, 0.6) is 5.75 Å². The highest BCUT2D eigenvalue weighted by Gasteiger charge is 2.44. The molecule has 0 bridgehead atoms. The smallest absolute Gasteiger partial charge is 0.137 e. The summed E-state index contributed by atoms with van der Waals surface area (Å²) in [7, 11) is 0. The second-order valence-electron chi connectivity index (χ2n) is 3.62. The van der Waals surface area contributed by atoms with Crippen molar-refractivity contribution in [1.29, 1.82) is 0 Å². The third kappa shape index (κ3) is 1.30. The quantitative estimate of drug-likeness (QED) is 0.762. The summed E-state index contributed by atoms with van der Waals surface area (Å²) >= 11 is 5.81. The molecule has 0 amide bonds. The summed E-state index contributed by atoms with van der Waals surface area (Å²) in [5, 5.41) is 10.1. The van der Waals surface area contributed by atoms with Gasteiger partial charge in [0.2, 0.25) is 0 Å². The first-order chi connectivity index (χ1) is 6.19. The minimum absolute atomic E-state index is 0.00891. The fourth-order valence-electron chi connectivity index (χ4n) is 1.68. The third-order valence-electron chi connectivity index (χ3n) is 2.80. The van der Waals surface area contributed by atoms with E-state index in [0.717, 1.165) is 18.4 Å². The molecule has 0 radical (unpaired) electrons. The number of phenolic OH excluding ortho intramolecular Hbond substituents is 1. The lowest BCUT2D eigenvalue weighted by Gasteiger charge is -2.14. The van der Waals surface area contributed by atoms with Gasteiger partial charge < -0.3 is 10.8 Å². The maximum Gasteiger partial charge on any atom is 0.137 e. The lowest BCUT2D eigenvalue weighted by atomic mass is 9.95. The van der Waals surface area contributed by atoms with Crippen LogP contribution in [0.4, 0.5) is 0 Å². The molecular weight excluding hydrogens is 186 g/mol. The molecular formula is C10H12ClNO. The van der Waals surface area contributed by atoms with Crippen LogP contribution in [0.25, 0.3) is 0 Å². The van der Waals surface area contributed by atoms with Crippen molar-refractivity contribution in [3.63, 3.8) is 0 Å². The molecule has 2 rings (SSSR count). The molecule has 1 saturated carbocycles. The molecule has 70 valence electrons. The second-order valence-corrected chi connectivity index (χ2v) is 4.03. The molecule has 3 N–H and O–H groups in total. The molecule has 0 saturated heterocycles. The van der Waals surface area contributed by atoms with Crippen LogP contribution in [0, 0.1) is 0 Å². The number of hydrogen-bond donors (Lipinski definition) is 2. The van der Waals surface area contributed by atoms with E-state index in [9.17, 15) is 5.11 Å². The second kappa shape index (κ2) is 2.89. The van der Waals surface area contributed by atoms with Gasteiger partial charge in [0.05, 0.1) is 5.02 Å². The number of rotatable bonds is 2. The average Bonchev–Trinajstić information content (AvgIpc) is 2.90. The van der Waals surface area contributed by atoms with Crippen molar-refractivity contribution in [2.45, 2.75) is 18.3 Å². The monoisotopic (exact) mass is 197 g/mol. The Balaban J connectivity index is 2.46. The number of para-hydroxylation sites is 1. The molecule has 2 nitrogen and oxygen atoms in total. The summed E-state index contributed by atoms with van der Waals surface area (Å²) in [5.41, 5.74) is 6.58. The largest absolute Gasteiger partial charge is 0.506 e. The van der Waals surface area contributed by atoms with Gasteiger partial charge in [0.1, 0.15) is 5.75 Å². The Morgan fingerprint density at radius 2 is 2.15 bits per heavy atom. The molecule has 0 atom stereocenters. The Morgan fingerprint density at radius 1 is 1.46 bits per heavy atom. The Labute approximate surface area is 82.3 Å². The number of phenols is 1. The Morgan fingerprint density at radius 3 is 2.69 bits per heavy atom. The molecule has 1 aromatic carbocycles. The van der Waals surface area contributed by atoms with Crippen LogP contribution in [-0.4, -0.2) is 11.7 Å². The summed E-state index contributed by atoms with van der Waals surface area (Å²) in [6.07, 6.45) is 2.11. The predicted molar refractivity (Wildman–Crippen MR) is 53.1 cm³/mol. The van der Waals surface area contributed by atoms with E-state index >= 15 is 0 Å². The van der Waals surface area contributed by atoms with Crippen LogP contribution in [0.3, 0.4) is 0 Å². The van der Waals surface area contributed by atoms with E-state index in [1.807, 2.05) is 12.1 Å². The number of hydrogen-bond acceptors (Lipinski definition) is 2. The number of nitrogens with two attached hydrogens (primary N) is 1. The SMILES string of the molecule is NCC1(c2cccc(Cl)c2O)CC1. The van der Waals surface area contributed by atoms with Crippen molar-refractivity contribution >= 4 is 11.6 Å². The van der Waals surface area contributed by atoms with Crippen molar-refractivity contribution in [2.75, 3.05) is 6.54 Å². The zero-order valence-corrected chi connectivity index (χ0v) is 8.01. The fraction of sp³-hybridized carbons (Fsp3) is 0.400. The van der Waals surface area contributed by atoms with Crippen LogP contribution in [0.2, 0.25) is 5.02 Å². The normalized spacial score (nSPS) is 18.6. The fourth-order valence-corrected chi connectivity index (χ4v) is 1.85. The third-order valence-corrected chi connectivity index (χ3v) is 3.11. The minimum atomic E-state index is 0.00891. The highest BCUT2D eigenvalue weighted by Crippen LogP contribution is 2.51. The molecule has 13 heavy (non-hydrogen) atoms.